The summed E-state index contributed by atoms with van der Waals surface area (Å²) in [5.74, 6) is 0.0602. The minimum Gasteiger partial charge on any atom is -0.512 e. The fraction of sp³-hybridized carbons (Fsp3) is 0.182. The highest BCUT2D eigenvalue weighted by Crippen LogP contribution is 2.06. The molecule has 0 radical (unpaired) electrons. The van der Waals surface area contributed by atoms with Gasteiger partial charge in [0.05, 0.1) is 12.2 Å². The zero-order valence-electron chi connectivity index (χ0n) is 7.53. The number of carbonyl (C=O) groups excluding carboxylic acids is 1. The fourth-order valence-corrected chi connectivity index (χ4v) is 0.993. The van der Waals surface area contributed by atoms with Gasteiger partial charge in [0.15, 0.2) is 5.78 Å². The molecular formula is C11H12O2. The van der Waals surface area contributed by atoms with E-state index in [4.69, 9.17) is 5.11 Å². The van der Waals surface area contributed by atoms with Crippen molar-refractivity contribution in [3.05, 3.63) is 47.7 Å². The van der Waals surface area contributed by atoms with E-state index >= 15 is 0 Å². The molecule has 0 saturated carbocycles. The predicted octanol–water partition coefficient (Wildman–Crippen LogP) is 2.72. The molecule has 0 unspecified atom stereocenters. The summed E-state index contributed by atoms with van der Waals surface area (Å²) in [7, 11) is 0. The average molecular weight is 176 g/mol. The third-order valence-corrected chi connectivity index (χ3v) is 1.77. The SMILES string of the molecule is C/C=C(\O)CC(=O)c1ccccc1. The lowest BCUT2D eigenvalue weighted by Crippen LogP contribution is -1.99. The molecule has 0 saturated heterocycles. The van der Waals surface area contributed by atoms with Crippen molar-refractivity contribution in [3.8, 4) is 0 Å². The molecule has 1 aromatic rings. The smallest absolute Gasteiger partial charge is 0.170 e. The lowest BCUT2D eigenvalue weighted by Gasteiger charge is -1.99. The number of hydrogen-bond donors (Lipinski definition) is 1. The number of ketones is 1. The molecule has 13 heavy (non-hydrogen) atoms. The number of allylic oxidation sites excluding steroid dienone is 2. The second kappa shape index (κ2) is 4.45. The molecule has 68 valence electrons. The Hall–Kier alpha value is -1.57. The van der Waals surface area contributed by atoms with Crippen molar-refractivity contribution in [2.75, 3.05) is 0 Å². The van der Waals surface area contributed by atoms with E-state index in [1.54, 1.807) is 31.2 Å². The Bertz CT molecular complexity index is 312. The third kappa shape index (κ3) is 2.75. The van der Waals surface area contributed by atoms with E-state index < -0.39 is 0 Å². The molecule has 1 aromatic carbocycles. The standard InChI is InChI=1S/C11H12O2/c1-2-10(12)8-11(13)9-6-4-3-5-7-9/h2-7,12H,8H2,1H3/b10-2-. The summed E-state index contributed by atoms with van der Waals surface area (Å²) >= 11 is 0. The molecule has 0 aromatic heterocycles. The monoisotopic (exact) mass is 176 g/mol. The highest BCUT2D eigenvalue weighted by atomic mass is 16.3. The van der Waals surface area contributed by atoms with Crippen LogP contribution in [-0.4, -0.2) is 10.9 Å². The first kappa shape index (κ1) is 9.52. The van der Waals surface area contributed by atoms with E-state index in [0.717, 1.165) is 0 Å². The lowest BCUT2D eigenvalue weighted by atomic mass is 10.1. The molecule has 1 N–H and O–H groups in total. The van der Waals surface area contributed by atoms with Crippen molar-refractivity contribution < 1.29 is 9.90 Å². The van der Waals surface area contributed by atoms with Crippen LogP contribution in [0.2, 0.25) is 0 Å². The van der Waals surface area contributed by atoms with Crippen LogP contribution in [0.3, 0.4) is 0 Å². The van der Waals surface area contributed by atoms with Gasteiger partial charge in [-0.05, 0) is 13.0 Å². The van der Waals surface area contributed by atoms with Crippen molar-refractivity contribution in [2.45, 2.75) is 13.3 Å². The quantitative estimate of drug-likeness (QED) is 0.568. The highest BCUT2D eigenvalue weighted by Gasteiger charge is 2.05. The minimum absolute atomic E-state index is 0.0591. The fourth-order valence-electron chi connectivity index (χ4n) is 0.993. The molecule has 2 heteroatoms. The molecule has 0 aliphatic heterocycles. The summed E-state index contributed by atoms with van der Waals surface area (Å²) in [5, 5.41) is 9.13. The largest absolute Gasteiger partial charge is 0.512 e. The molecule has 0 bridgehead atoms. The van der Waals surface area contributed by atoms with E-state index in [1.807, 2.05) is 6.07 Å². The van der Waals surface area contributed by atoms with Gasteiger partial charge in [-0.3, -0.25) is 4.79 Å². The van der Waals surface area contributed by atoms with Crippen LogP contribution >= 0.6 is 0 Å². The molecule has 2 nitrogen and oxygen atoms in total. The summed E-state index contributed by atoms with van der Waals surface area (Å²) in [6.45, 7) is 1.70. The first-order valence-corrected chi connectivity index (χ1v) is 4.16. The van der Waals surface area contributed by atoms with Crippen molar-refractivity contribution in [2.24, 2.45) is 0 Å². The van der Waals surface area contributed by atoms with Gasteiger partial charge in [-0.25, -0.2) is 0 Å². The number of aliphatic hydroxyl groups is 1. The van der Waals surface area contributed by atoms with Crippen LogP contribution in [-0.2, 0) is 0 Å². The van der Waals surface area contributed by atoms with Crippen molar-refractivity contribution in [1.29, 1.82) is 0 Å². The highest BCUT2D eigenvalue weighted by molar-refractivity contribution is 5.97. The van der Waals surface area contributed by atoms with E-state index in [-0.39, 0.29) is 18.0 Å². The van der Waals surface area contributed by atoms with Gasteiger partial charge in [0.2, 0.25) is 0 Å². The molecular weight excluding hydrogens is 164 g/mol. The number of benzene rings is 1. The van der Waals surface area contributed by atoms with E-state index in [0.29, 0.717) is 5.56 Å². The topological polar surface area (TPSA) is 37.3 Å². The average Bonchev–Trinajstić information content (AvgIpc) is 2.19. The van der Waals surface area contributed by atoms with Gasteiger partial charge in [0.1, 0.15) is 0 Å². The second-order valence-electron chi connectivity index (χ2n) is 2.75. The van der Waals surface area contributed by atoms with Gasteiger partial charge in [-0.2, -0.15) is 0 Å². The summed E-state index contributed by atoms with van der Waals surface area (Å²) < 4.78 is 0. The summed E-state index contributed by atoms with van der Waals surface area (Å²) in [5.41, 5.74) is 0.635. The van der Waals surface area contributed by atoms with Crippen molar-refractivity contribution in [3.63, 3.8) is 0 Å². The molecule has 0 aliphatic rings. The number of hydrogen-bond acceptors (Lipinski definition) is 2. The number of rotatable bonds is 3. The Kier molecular flexibility index (Phi) is 3.26. The van der Waals surface area contributed by atoms with E-state index in [1.165, 1.54) is 6.08 Å². The maximum Gasteiger partial charge on any atom is 0.170 e. The Morgan fingerprint density at radius 2 is 2.00 bits per heavy atom. The van der Waals surface area contributed by atoms with Crippen LogP contribution < -0.4 is 0 Å². The minimum atomic E-state index is -0.0591. The number of carbonyl (C=O) groups is 1. The summed E-state index contributed by atoms with van der Waals surface area (Å²) in [6, 6.07) is 8.95. The Morgan fingerprint density at radius 3 is 2.54 bits per heavy atom. The van der Waals surface area contributed by atoms with E-state index in [9.17, 15) is 4.79 Å². The van der Waals surface area contributed by atoms with Crippen LogP contribution in [0.1, 0.15) is 23.7 Å². The van der Waals surface area contributed by atoms with Gasteiger partial charge in [-0.1, -0.05) is 30.3 Å². The molecule has 0 heterocycles. The van der Waals surface area contributed by atoms with Crippen LogP contribution in [0.5, 0.6) is 0 Å². The number of Topliss-reactive ketones (excluding diaryl/α,β-unsaturated/α-hetero) is 1. The Morgan fingerprint density at radius 1 is 1.38 bits per heavy atom. The Labute approximate surface area is 77.5 Å². The van der Waals surface area contributed by atoms with Crippen LogP contribution in [0.15, 0.2) is 42.2 Å². The third-order valence-electron chi connectivity index (χ3n) is 1.77. The van der Waals surface area contributed by atoms with Crippen LogP contribution in [0, 0.1) is 0 Å². The van der Waals surface area contributed by atoms with Crippen molar-refractivity contribution in [1.82, 2.24) is 0 Å². The maximum atomic E-state index is 11.4. The molecule has 0 aliphatic carbocycles. The van der Waals surface area contributed by atoms with E-state index in [2.05, 4.69) is 0 Å². The number of aliphatic hydroxyl groups excluding tert-OH is 1. The summed E-state index contributed by atoms with van der Waals surface area (Å²) in [6.07, 6.45) is 1.61. The second-order valence-corrected chi connectivity index (χ2v) is 2.75. The zero-order valence-corrected chi connectivity index (χ0v) is 7.53. The van der Waals surface area contributed by atoms with Crippen LogP contribution in [0.4, 0.5) is 0 Å². The first-order chi connectivity index (χ1) is 6.24. The van der Waals surface area contributed by atoms with Gasteiger partial charge in [0.25, 0.3) is 0 Å². The maximum absolute atomic E-state index is 11.4. The normalized spacial score (nSPS) is 11.3. The van der Waals surface area contributed by atoms with Gasteiger partial charge < -0.3 is 5.11 Å². The molecule has 0 fully saturated rings. The molecule has 0 amide bonds. The van der Waals surface area contributed by atoms with Crippen LogP contribution in [0.25, 0.3) is 0 Å². The van der Waals surface area contributed by atoms with Crippen molar-refractivity contribution >= 4 is 5.78 Å². The van der Waals surface area contributed by atoms with Gasteiger partial charge in [-0.15, -0.1) is 0 Å². The zero-order chi connectivity index (χ0) is 9.68. The Balaban J connectivity index is 2.70. The predicted molar refractivity (Wildman–Crippen MR) is 51.8 cm³/mol. The first-order valence-electron chi connectivity index (χ1n) is 4.16. The molecule has 0 atom stereocenters. The molecule has 0 spiro atoms. The van der Waals surface area contributed by atoms with Gasteiger partial charge >= 0.3 is 0 Å². The van der Waals surface area contributed by atoms with Gasteiger partial charge in [0, 0.05) is 5.56 Å². The summed E-state index contributed by atoms with van der Waals surface area (Å²) in [4.78, 5) is 11.4. The lowest BCUT2D eigenvalue weighted by molar-refractivity contribution is 0.0980. The molecule has 1 rings (SSSR count).